The molecule has 0 saturated carbocycles. The predicted octanol–water partition coefficient (Wildman–Crippen LogP) is 5.77. The summed E-state index contributed by atoms with van der Waals surface area (Å²) >= 11 is 0. The summed E-state index contributed by atoms with van der Waals surface area (Å²) in [7, 11) is -1.12. The van der Waals surface area contributed by atoms with Crippen LogP contribution in [0.1, 0.15) is 13.8 Å². The molecule has 2 nitrogen and oxygen atoms in total. The fourth-order valence-electron chi connectivity index (χ4n) is 4.73. The van der Waals surface area contributed by atoms with E-state index in [9.17, 15) is 0 Å². The van der Waals surface area contributed by atoms with E-state index < -0.39 is 21.6 Å². The van der Waals surface area contributed by atoms with Crippen molar-refractivity contribution in [2.75, 3.05) is 12.3 Å². The lowest BCUT2D eigenvalue weighted by Crippen LogP contribution is -2.33. The number of hydrogen-bond acceptors (Lipinski definition) is 2. The van der Waals surface area contributed by atoms with Crippen LogP contribution in [0.25, 0.3) is 0 Å². The van der Waals surface area contributed by atoms with Crippen LogP contribution in [-0.2, 0) is 9.47 Å². The molecule has 0 N–H and O–H groups in total. The van der Waals surface area contributed by atoms with Crippen molar-refractivity contribution in [3.8, 4) is 0 Å². The highest BCUT2D eigenvalue weighted by molar-refractivity contribution is 7.73. The van der Waals surface area contributed by atoms with Gasteiger partial charge in [0, 0.05) is 12.3 Å². The Hall–Kier alpha value is -2.34. The Morgan fingerprint density at radius 2 is 0.743 bits per heavy atom. The molecule has 0 aliphatic carbocycles. The Morgan fingerprint density at radius 3 is 1.00 bits per heavy atom. The van der Waals surface area contributed by atoms with Gasteiger partial charge in [-0.25, -0.2) is 0 Å². The molecule has 0 amide bonds. The lowest BCUT2D eigenvalue weighted by molar-refractivity contribution is -0.142. The topological polar surface area (TPSA) is 18.5 Å². The summed E-state index contributed by atoms with van der Waals surface area (Å²) in [6, 6.07) is 43.6. The van der Waals surface area contributed by atoms with Crippen molar-refractivity contribution in [3.05, 3.63) is 121 Å². The second-order valence-electron chi connectivity index (χ2n) is 9.28. The van der Waals surface area contributed by atoms with Crippen molar-refractivity contribution in [2.45, 2.75) is 31.8 Å². The third-order valence-electron chi connectivity index (χ3n) is 6.28. The Labute approximate surface area is 211 Å². The molecule has 1 saturated heterocycles. The molecule has 1 aliphatic heterocycles. The van der Waals surface area contributed by atoms with E-state index in [0.717, 1.165) is 12.3 Å². The van der Waals surface area contributed by atoms with E-state index in [4.69, 9.17) is 9.47 Å². The lowest BCUT2D eigenvalue weighted by Gasteiger charge is -2.27. The van der Waals surface area contributed by atoms with Crippen LogP contribution in [-0.4, -0.2) is 30.3 Å². The van der Waals surface area contributed by atoms with E-state index in [1.54, 1.807) is 0 Å². The Morgan fingerprint density at radius 1 is 0.486 bits per heavy atom. The zero-order chi connectivity index (χ0) is 24.1. The first-order valence-corrected chi connectivity index (χ1v) is 15.3. The van der Waals surface area contributed by atoms with Crippen LogP contribution >= 0.6 is 15.8 Å². The van der Waals surface area contributed by atoms with Crippen LogP contribution in [0.3, 0.4) is 0 Å². The van der Waals surface area contributed by atoms with Gasteiger partial charge in [-0.05, 0) is 50.9 Å². The van der Waals surface area contributed by atoms with E-state index >= 15 is 0 Å². The first kappa shape index (κ1) is 24.4. The fraction of sp³-hybridized carbons (Fsp3) is 0.226. The molecule has 35 heavy (non-hydrogen) atoms. The van der Waals surface area contributed by atoms with Gasteiger partial charge in [-0.3, -0.25) is 0 Å². The average Bonchev–Trinajstić information content (AvgIpc) is 3.20. The molecule has 1 heterocycles. The van der Waals surface area contributed by atoms with Crippen molar-refractivity contribution < 1.29 is 9.47 Å². The highest BCUT2D eigenvalue weighted by Crippen LogP contribution is 2.44. The van der Waals surface area contributed by atoms with Crippen LogP contribution in [0.5, 0.6) is 0 Å². The van der Waals surface area contributed by atoms with Gasteiger partial charge in [0.15, 0.2) is 5.79 Å². The Balaban J connectivity index is 1.46. The summed E-state index contributed by atoms with van der Waals surface area (Å²) in [4.78, 5) is 0. The molecular formula is C31H32O2P2. The van der Waals surface area contributed by atoms with Crippen molar-refractivity contribution in [3.63, 3.8) is 0 Å². The molecule has 1 fully saturated rings. The SMILES string of the molecule is CC1(C)OC(CP(c2ccccc2)c2ccccc2)[C@@H](CP(c2ccccc2)c2ccccc2)O1. The summed E-state index contributed by atoms with van der Waals surface area (Å²) in [5.74, 6) is -0.585. The molecule has 1 aliphatic rings. The van der Waals surface area contributed by atoms with Gasteiger partial charge in [0.1, 0.15) is 0 Å². The third kappa shape index (κ3) is 6.08. The Kier molecular flexibility index (Phi) is 7.76. The number of rotatable bonds is 8. The normalized spacial score (nSPS) is 19.3. The van der Waals surface area contributed by atoms with Gasteiger partial charge in [0.2, 0.25) is 0 Å². The first-order valence-electron chi connectivity index (χ1n) is 12.2. The first-order chi connectivity index (χ1) is 17.1. The highest BCUT2D eigenvalue weighted by Gasteiger charge is 2.43. The monoisotopic (exact) mass is 498 g/mol. The van der Waals surface area contributed by atoms with Gasteiger partial charge in [0.05, 0.1) is 12.2 Å². The van der Waals surface area contributed by atoms with Gasteiger partial charge in [-0.2, -0.15) is 0 Å². The van der Waals surface area contributed by atoms with E-state index in [-0.39, 0.29) is 12.2 Å². The second kappa shape index (κ2) is 11.2. The zero-order valence-corrected chi connectivity index (χ0v) is 22.1. The summed E-state index contributed by atoms with van der Waals surface area (Å²) in [6.07, 6.45) is 1.97. The van der Waals surface area contributed by atoms with Crippen LogP contribution in [0.4, 0.5) is 0 Å². The molecule has 4 aromatic carbocycles. The van der Waals surface area contributed by atoms with Gasteiger partial charge in [-0.15, -0.1) is 0 Å². The molecule has 0 aromatic heterocycles. The minimum Gasteiger partial charge on any atom is -0.344 e. The molecular weight excluding hydrogens is 466 g/mol. The molecule has 0 bridgehead atoms. The molecule has 0 radical (unpaired) electrons. The average molecular weight is 499 g/mol. The molecule has 1 unspecified atom stereocenters. The minimum absolute atomic E-state index is 0.0361. The van der Waals surface area contributed by atoms with Gasteiger partial charge >= 0.3 is 0 Å². The number of benzene rings is 4. The molecule has 2 atom stereocenters. The maximum Gasteiger partial charge on any atom is 0.163 e. The maximum atomic E-state index is 6.61. The van der Waals surface area contributed by atoms with Crippen LogP contribution < -0.4 is 21.2 Å². The van der Waals surface area contributed by atoms with Gasteiger partial charge in [-0.1, -0.05) is 121 Å². The summed E-state index contributed by atoms with van der Waals surface area (Å²) in [5.41, 5.74) is 0. The summed E-state index contributed by atoms with van der Waals surface area (Å²) < 4.78 is 13.2. The largest absolute Gasteiger partial charge is 0.344 e. The fourth-order valence-corrected chi connectivity index (χ4v) is 9.64. The van der Waals surface area contributed by atoms with E-state index in [2.05, 4.69) is 135 Å². The number of ether oxygens (including phenoxy) is 2. The third-order valence-corrected chi connectivity index (χ3v) is 11.4. The molecule has 178 valence electrons. The Bertz CT molecular complexity index is 1010. The molecule has 4 heteroatoms. The van der Waals surface area contributed by atoms with Gasteiger partial charge < -0.3 is 9.47 Å². The van der Waals surface area contributed by atoms with E-state index in [1.165, 1.54) is 21.2 Å². The van der Waals surface area contributed by atoms with Crippen molar-refractivity contribution in [1.29, 1.82) is 0 Å². The standard InChI is InChI=1S/C31H32O2P2/c1-31(2)32-29(23-34(25-15-7-3-8-16-25)26-17-9-4-10-18-26)30(33-31)24-35(27-19-11-5-12-20-27)28-21-13-6-14-22-28/h3-22,29-30H,23-24H2,1-2H3/t29-,30?/m1/s1. The smallest absolute Gasteiger partial charge is 0.163 e. The predicted molar refractivity (Wildman–Crippen MR) is 152 cm³/mol. The quantitative estimate of drug-likeness (QED) is 0.287. The maximum absolute atomic E-state index is 6.61. The van der Waals surface area contributed by atoms with Crippen LogP contribution in [0.2, 0.25) is 0 Å². The van der Waals surface area contributed by atoms with E-state index in [1.807, 2.05) is 0 Å². The zero-order valence-electron chi connectivity index (χ0n) is 20.3. The molecule has 0 spiro atoms. The number of hydrogen-bond donors (Lipinski definition) is 0. The second-order valence-corrected chi connectivity index (χ2v) is 13.8. The minimum atomic E-state index is -0.585. The van der Waals surface area contributed by atoms with Crippen LogP contribution in [0.15, 0.2) is 121 Å². The van der Waals surface area contributed by atoms with Crippen molar-refractivity contribution in [1.82, 2.24) is 0 Å². The molecule has 5 rings (SSSR count). The van der Waals surface area contributed by atoms with Crippen molar-refractivity contribution >= 4 is 37.1 Å². The van der Waals surface area contributed by atoms with E-state index in [0.29, 0.717) is 0 Å². The lowest BCUT2D eigenvalue weighted by atomic mass is 10.3. The molecule has 4 aromatic rings. The van der Waals surface area contributed by atoms with Crippen molar-refractivity contribution in [2.24, 2.45) is 0 Å². The summed E-state index contributed by atoms with van der Waals surface area (Å²) in [6.45, 7) is 4.11. The van der Waals surface area contributed by atoms with Gasteiger partial charge in [0.25, 0.3) is 0 Å². The highest BCUT2D eigenvalue weighted by atomic mass is 31.1. The summed E-state index contributed by atoms with van der Waals surface area (Å²) in [5, 5.41) is 5.53. The van der Waals surface area contributed by atoms with Crippen LogP contribution in [0, 0.1) is 0 Å².